The Hall–Kier alpha value is -2.55. The van der Waals surface area contributed by atoms with Gasteiger partial charge in [-0.2, -0.15) is 5.10 Å². The number of anilines is 1. The van der Waals surface area contributed by atoms with Crippen molar-refractivity contribution in [2.75, 3.05) is 11.9 Å². The first kappa shape index (κ1) is 14.9. The lowest BCUT2D eigenvalue weighted by molar-refractivity contribution is -0.385. The van der Waals surface area contributed by atoms with Gasteiger partial charge in [0.05, 0.1) is 23.3 Å². The highest BCUT2D eigenvalue weighted by Crippen LogP contribution is 2.16. The number of nitrogens with zero attached hydrogens (tertiary/aromatic N) is 3. The standard InChI is InChI=1S/C12H12F2N4O3/c13-10-2-1-3-11(12(10)14)15-5-9(19)7-17-6-8(4-16-17)18(20)21/h1-4,6,9,15,19H,5,7H2. The van der Waals surface area contributed by atoms with Crippen LogP contribution < -0.4 is 5.32 Å². The molecular formula is C12H12F2N4O3. The van der Waals surface area contributed by atoms with Crippen LogP contribution in [0.4, 0.5) is 20.2 Å². The Morgan fingerprint density at radius 1 is 1.48 bits per heavy atom. The number of aromatic nitrogens is 2. The fraction of sp³-hybridized carbons (Fsp3) is 0.250. The summed E-state index contributed by atoms with van der Waals surface area (Å²) in [6.07, 6.45) is 1.26. The minimum Gasteiger partial charge on any atom is -0.389 e. The largest absolute Gasteiger partial charge is 0.389 e. The third-order valence-corrected chi connectivity index (χ3v) is 2.71. The summed E-state index contributed by atoms with van der Waals surface area (Å²) in [4.78, 5) is 9.88. The maximum Gasteiger partial charge on any atom is 0.306 e. The van der Waals surface area contributed by atoms with Gasteiger partial charge in [-0.05, 0) is 12.1 Å². The molecule has 1 heterocycles. The monoisotopic (exact) mass is 298 g/mol. The molecule has 0 aliphatic rings. The van der Waals surface area contributed by atoms with Crippen LogP contribution in [0.25, 0.3) is 0 Å². The number of nitro groups is 1. The Morgan fingerprint density at radius 2 is 2.24 bits per heavy atom. The average molecular weight is 298 g/mol. The van der Waals surface area contributed by atoms with E-state index in [1.54, 1.807) is 0 Å². The van der Waals surface area contributed by atoms with Gasteiger partial charge in [0.2, 0.25) is 0 Å². The molecule has 0 saturated heterocycles. The molecule has 0 spiro atoms. The molecule has 0 bridgehead atoms. The summed E-state index contributed by atoms with van der Waals surface area (Å²) in [6.45, 7) is -0.0776. The summed E-state index contributed by atoms with van der Waals surface area (Å²) in [5.41, 5.74) is -0.258. The van der Waals surface area contributed by atoms with Crippen LogP contribution in [0.15, 0.2) is 30.6 Å². The van der Waals surface area contributed by atoms with Crippen molar-refractivity contribution in [2.24, 2.45) is 0 Å². The van der Waals surface area contributed by atoms with Gasteiger partial charge >= 0.3 is 5.69 Å². The lowest BCUT2D eigenvalue weighted by Gasteiger charge is -2.13. The molecule has 1 unspecified atom stereocenters. The number of hydrogen-bond acceptors (Lipinski definition) is 5. The molecule has 2 rings (SSSR count). The van der Waals surface area contributed by atoms with Gasteiger partial charge < -0.3 is 10.4 Å². The first-order chi connectivity index (χ1) is 9.97. The number of halogens is 2. The Kier molecular flexibility index (Phi) is 4.43. The molecule has 2 aromatic rings. The fourth-order valence-electron chi connectivity index (χ4n) is 1.70. The number of benzene rings is 1. The van der Waals surface area contributed by atoms with Crippen LogP contribution in [-0.4, -0.2) is 32.5 Å². The minimum atomic E-state index is -1.03. The number of aliphatic hydroxyl groups is 1. The van der Waals surface area contributed by atoms with Crippen LogP contribution in [0.3, 0.4) is 0 Å². The van der Waals surface area contributed by atoms with Crippen LogP contribution >= 0.6 is 0 Å². The maximum atomic E-state index is 13.4. The molecule has 0 aliphatic heterocycles. The molecule has 21 heavy (non-hydrogen) atoms. The van der Waals surface area contributed by atoms with Crippen LogP contribution in [0, 0.1) is 21.7 Å². The van der Waals surface area contributed by atoms with Crippen molar-refractivity contribution in [3.63, 3.8) is 0 Å². The smallest absolute Gasteiger partial charge is 0.306 e. The lowest BCUT2D eigenvalue weighted by Crippen LogP contribution is -2.25. The summed E-state index contributed by atoms with van der Waals surface area (Å²) >= 11 is 0. The zero-order valence-electron chi connectivity index (χ0n) is 10.7. The van der Waals surface area contributed by atoms with Gasteiger partial charge in [-0.3, -0.25) is 14.8 Å². The van der Waals surface area contributed by atoms with Gasteiger partial charge in [0.1, 0.15) is 12.4 Å². The molecule has 1 aromatic carbocycles. The van der Waals surface area contributed by atoms with E-state index in [-0.39, 0.29) is 24.5 Å². The molecule has 112 valence electrons. The fourth-order valence-corrected chi connectivity index (χ4v) is 1.70. The summed E-state index contributed by atoms with van der Waals surface area (Å²) in [6, 6.07) is 3.66. The van der Waals surface area contributed by atoms with Crippen LogP contribution in [0.1, 0.15) is 0 Å². The Labute approximate surface area is 118 Å². The molecule has 1 atom stereocenters. The van der Waals surface area contributed by atoms with E-state index in [1.807, 2.05) is 0 Å². The first-order valence-electron chi connectivity index (χ1n) is 6.00. The molecule has 9 heteroatoms. The highest BCUT2D eigenvalue weighted by molar-refractivity contribution is 5.44. The normalized spacial score (nSPS) is 12.1. The van der Waals surface area contributed by atoms with E-state index in [9.17, 15) is 24.0 Å². The molecule has 1 aromatic heterocycles. The third-order valence-electron chi connectivity index (χ3n) is 2.71. The molecule has 0 aliphatic carbocycles. The highest BCUT2D eigenvalue weighted by atomic mass is 19.2. The molecular weight excluding hydrogens is 286 g/mol. The third kappa shape index (κ3) is 3.72. The number of hydrogen-bond donors (Lipinski definition) is 2. The van der Waals surface area contributed by atoms with Crippen LogP contribution in [-0.2, 0) is 6.54 Å². The van der Waals surface area contributed by atoms with E-state index < -0.39 is 22.7 Å². The maximum absolute atomic E-state index is 13.4. The van der Waals surface area contributed by atoms with Crippen molar-refractivity contribution in [1.29, 1.82) is 0 Å². The summed E-state index contributed by atoms with van der Waals surface area (Å²) < 4.78 is 27.5. The summed E-state index contributed by atoms with van der Waals surface area (Å²) in [7, 11) is 0. The van der Waals surface area contributed by atoms with Gasteiger partial charge in [0.15, 0.2) is 11.6 Å². The summed E-state index contributed by atoms with van der Waals surface area (Å²) in [5.74, 6) is -2.02. The second kappa shape index (κ2) is 6.27. The predicted molar refractivity (Wildman–Crippen MR) is 69.7 cm³/mol. The lowest BCUT2D eigenvalue weighted by atomic mass is 10.2. The van der Waals surface area contributed by atoms with Gasteiger partial charge in [0.25, 0.3) is 0 Å². The van der Waals surface area contributed by atoms with E-state index in [0.717, 1.165) is 12.3 Å². The van der Waals surface area contributed by atoms with E-state index in [2.05, 4.69) is 10.4 Å². The van der Waals surface area contributed by atoms with E-state index >= 15 is 0 Å². The predicted octanol–water partition coefficient (Wildman–Crippen LogP) is 1.54. The first-order valence-corrected chi connectivity index (χ1v) is 6.00. The molecule has 0 amide bonds. The van der Waals surface area contributed by atoms with Gasteiger partial charge in [-0.1, -0.05) is 6.07 Å². The van der Waals surface area contributed by atoms with Gasteiger partial charge in [-0.25, -0.2) is 8.78 Å². The minimum absolute atomic E-state index is 0.0161. The van der Waals surface area contributed by atoms with Gasteiger partial charge in [-0.15, -0.1) is 0 Å². The quantitative estimate of drug-likeness (QED) is 0.623. The summed E-state index contributed by atoms with van der Waals surface area (Å²) in [5, 5.41) is 26.5. The zero-order valence-corrected chi connectivity index (χ0v) is 10.7. The second-order valence-electron chi connectivity index (χ2n) is 4.31. The van der Waals surface area contributed by atoms with E-state index in [0.29, 0.717) is 0 Å². The van der Waals surface area contributed by atoms with E-state index in [1.165, 1.54) is 23.0 Å². The molecule has 0 saturated carbocycles. The Morgan fingerprint density at radius 3 is 2.90 bits per heavy atom. The number of rotatable bonds is 6. The highest BCUT2D eigenvalue weighted by Gasteiger charge is 2.13. The zero-order chi connectivity index (χ0) is 15.4. The average Bonchev–Trinajstić information content (AvgIpc) is 2.89. The molecule has 7 nitrogen and oxygen atoms in total. The van der Waals surface area contributed by atoms with Crippen molar-refractivity contribution < 1.29 is 18.8 Å². The van der Waals surface area contributed by atoms with E-state index in [4.69, 9.17) is 0 Å². The SMILES string of the molecule is O=[N+]([O-])c1cnn(CC(O)CNc2cccc(F)c2F)c1. The van der Waals surface area contributed by atoms with Crippen molar-refractivity contribution in [1.82, 2.24) is 9.78 Å². The Bertz CT molecular complexity index is 647. The van der Waals surface area contributed by atoms with Gasteiger partial charge in [0, 0.05) is 6.54 Å². The molecule has 0 radical (unpaired) electrons. The van der Waals surface area contributed by atoms with Crippen molar-refractivity contribution in [3.05, 3.63) is 52.3 Å². The molecule has 0 fully saturated rings. The van der Waals surface area contributed by atoms with Crippen LogP contribution in [0.2, 0.25) is 0 Å². The van der Waals surface area contributed by atoms with Crippen molar-refractivity contribution in [2.45, 2.75) is 12.6 Å². The second-order valence-corrected chi connectivity index (χ2v) is 4.31. The molecule has 2 N–H and O–H groups in total. The topological polar surface area (TPSA) is 93.2 Å². The number of nitrogens with one attached hydrogen (secondary N) is 1. The van der Waals surface area contributed by atoms with Crippen molar-refractivity contribution >= 4 is 11.4 Å². The Balaban J connectivity index is 1.91. The van der Waals surface area contributed by atoms with Crippen molar-refractivity contribution in [3.8, 4) is 0 Å². The number of aliphatic hydroxyl groups excluding tert-OH is 1. The van der Waals surface area contributed by atoms with Crippen LogP contribution in [0.5, 0.6) is 0 Å².